The molecule has 230 valence electrons. The molecular formula is C24H26F6N6O6. The number of benzene rings is 2. The first-order chi connectivity index (χ1) is 19.4. The Kier molecular flexibility index (Phi) is 12.5. The standard InChI is InChI=1S/C14H6F6N5O4.C10H20NO2/c15-13(16,17)9-5-7(24(26)27)1-3-11(9)21-23-22-12-4-2-8(25(28)29)6-10(12)14(18,19)20;1-5-11(6-2,7-3)9-8-10(12)13-4/h1-6H;8-9H,5-7H2,1-4H3/q-1;+1/b;9-8+. The van der Waals surface area contributed by atoms with Gasteiger partial charge in [-0.15, -0.1) is 0 Å². The second-order valence-electron chi connectivity index (χ2n) is 8.21. The van der Waals surface area contributed by atoms with Gasteiger partial charge in [0.15, 0.2) is 0 Å². The Morgan fingerprint density at radius 3 is 1.81 bits per heavy atom. The van der Waals surface area contributed by atoms with Gasteiger partial charge >= 0.3 is 18.3 Å². The van der Waals surface area contributed by atoms with Gasteiger partial charge < -0.3 is 15.3 Å². The molecule has 0 amide bonds. The maximum atomic E-state index is 13.0. The minimum Gasteiger partial charge on any atom is -0.466 e. The molecule has 2 aromatic carbocycles. The van der Waals surface area contributed by atoms with Gasteiger partial charge in [-0.3, -0.25) is 29.9 Å². The molecule has 18 heteroatoms. The molecule has 0 atom stereocenters. The van der Waals surface area contributed by atoms with Gasteiger partial charge in [-0.1, -0.05) is 12.1 Å². The number of alkyl halides is 6. The highest BCUT2D eigenvalue weighted by Crippen LogP contribution is 2.42. The molecule has 0 spiro atoms. The van der Waals surface area contributed by atoms with E-state index in [2.05, 4.69) is 41.3 Å². The minimum absolute atomic E-state index is 0.182. The molecular weight excluding hydrogens is 582 g/mol. The van der Waals surface area contributed by atoms with E-state index >= 15 is 0 Å². The molecule has 0 saturated heterocycles. The number of hydrogen-bond donors (Lipinski definition) is 0. The zero-order chi connectivity index (χ0) is 32.3. The van der Waals surface area contributed by atoms with E-state index in [1.165, 1.54) is 13.2 Å². The summed E-state index contributed by atoms with van der Waals surface area (Å²) in [5.74, 6) is -0.280. The molecule has 0 bridgehead atoms. The molecule has 12 nitrogen and oxygen atoms in total. The topological polar surface area (TPSA) is 151 Å². The average molecular weight is 608 g/mol. The number of ether oxygens (including phenoxy) is 1. The van der Waals surface area contributed by atoms with Gasteiger partial charge in [0, 0.05) is 24.3 Å². The van der Waals surface area contributed by atoms with Crippen molar-refractivity contribution in [3.63, 3.8) is 0 Å². The van der Waals surface area contributed by atoms with Crippen LogP contribution < -0.4 is 0 Å². The third kappa shape index (κ3) is 10.1. The van der Waals surface area contributed by atoms with Crippen molar-refractivity contribution in [2.75, 3.05) is 26.7 Å². The van der Waals surface area contributed by atoms with Crippen molar-refractivity contribution in [3.05, 3.63) is 85.5 Å². The summed E-state index contributed by atoms with van der Waals surface area (Å²) in [5.41, 5.74) is -3.67. The fraction of sp³-hybridized carbons (Fsp3) is 0.375. The van der Waals surface area contributed by atoms with Crippen LogP contribution in [0.15, 0.2) is 59.0 Å². The Bertz CT molecular complexity index is 1320. The molecule has 0 heterocycles. The molecule has 0 radical (unpaired) electrons. The van der Waals surface area contributed by atoms with Crippen LogP contribution in [0.1, 0.15) is 31.9 Å². The highest BCUT2D eigenvalue weighted by Gasteiger charge is 2.35. The number of methoxy groups -OCH3 is 1. The van der Waals surface area contributed by atoms with Gasteiger partial charge in [0.25, 0.3) is 11.4 Å². The number of esters is 1. The predicted octanol–water partition coefficient (Wildman–Crippen LogP) is 7.79. The van der Waals surface area contributed by atoms with Gasteiger partial charge in [-0.2, -0.15) is 26.3 Å². The molecule has 0 aliphatic heterocycles. The van der Waals surface area contributed by atoms with Crippen molar-refractivity contribution in [1.29, 1.82) is 0 Å². The quantitative estimate of drug-likeness (QED) is 0.0511. The summed E-state index contributed by atoms with van der Waals surface area (Å²) < 4.78 is 83.5. The van der Waals surface area contributed by atoms with Crippen LogP contribution in [0.5, 0.6) is 0 Å². The molecule has 2 rings (SSSR count). The molecule has 0 N–H and O–H groups in total. The molecule has 0 unspecified atom stereocenters. The number of non-ortho nitro benzene ring substituents is 2. The number of hydrogen-bond acceptors (Lipinski definition) is 8. The number of quaternary nitrogens is 1. The molecule has 2 aromatic rings. The first kappa shape index (κ1) is 35.4. The zero-order valence-corrected chi connectivity index (χ0v) is 22.6. The maximum absolute atomic E-state index is 13.0. The lowest BCUT2D eigenvalue weighted by Crippen LogP contribution is -2.42. The van der Waals surface area contributed by atoms with E-state index in [4.69, 9.17) is 0 Å². The number of nitro benzene ring substituents is 2. The smallest absolute Gasteiger partial charge is 0.416 e. The van der Waals surface area contributed by atoms with Crippen LogP contribution in [0.4, 0.5) is 49.1 Å². The third-order valence-electron chi connectivity index (χ3n) is 5.92. The Hall–Kier alpha value is -4.61. The summed E-state index contributed by atoms with van der Waals surface area (Å²) in [7, 11) is 1.39. The summed E-state index contributed by atoms with van der Waals surface area (Å²) >= 11 is 0. The Morgan fingerprint density at radius 2 is 1.38 bits per heavy atom. The fourth-order valence-electron chi connectivity index (χ4n) is 3.30. The second-order valence-corrected chi connectivity index (χ2v) is 8.21. The zero-order valence-electron chi connectivity index (χ0n) is 22.6. The van der Waals surface area contributed by atoms with Gasteiger partial charge in [-0.05, 0) is 32.1 Å². The first-order valence-electron chi connectivity index (χ1n) is 11.9. The van der Waals surface area contributed by atoms with Crippen LogP contribution in [-0.2, 0) is 21.9 Å². The van der Waals surface area contributed by atoms with Crippen LogP contribution in [0.2, 0.25) is 0 Å². The SMILES string of the molecule is CC[N+](/C=C/C(=O)OC)(CC)CC.O=[N+]([O-])c1ccc(N=N[N-]c2ccc([N+](=O)[O-])cc2C(F)(F)F)c(C(F)(F)F)c1. The summed E-state index contributed by atoms with van der Waals surface area (Å²) in [4.78, 5) is 30.0. The molecule has 0 aliphatic carbocycles. The van der Waals surface area contributed by atoms with E-state index in [0.29, 0.717) is 24.3 Å². The lowest BCUT2D eigenvalue weighted by atomic mass is 10.1. The van der Waals surface area contributed by atoms with Gasteiger partial charge in [0.05, 0.1) is 53.8 Å². The average Bonchev–Trinajstić information content (AvgIpc) is 2.93. The lowest BCUT2D eigenvalue weighted by Gasteiger charge is -2.30. The largest absolute Gasteiger partial charge is 0.466 e. The minimum atomic E-state index is -5.06. The van der Waals surface area contributed by atoms with E-state index in [1.807, 2.05) is 6.20 Å². The Morgan fingerprint density at radius 1 is 0.905 bits per heavy atom. The van der Waals surface area contributed by atoms with Crippen LogP contribution in [-0.4, -0.2) is 47.0 Å². The number of carbonyl (C=O) groups excluding carboxylic acids is 1. The normalized spacial score (nSPS) is 12.1. The van der Waals surface area contributed by atoms with E-state index in [-0.39, 0.29) is 18.1 Å². The summed E-state index contributed by atoms with van der Waals surface area (Å²) in [6.07, 6.45) is -6.70. The van der Waals surface area contributed by atoms with Crippen LogP contribution in [0.25, 0.3) is 5.43 Å². The van der Waals surface area contributed by atoms with E-state index < -0.39 is 56.1 Å². The highest BCUT2D eigenvalue weighted by atomic mass is 19.4. The summed E-state index contributed by atoms with van der Waals surface area (Å²) in [5, 5.41) is 27.2. The molecule has 0 fully saturated rings. The first-order valence-corrected chi connectivity index (χ1v) is 11.9. The predicted molar refractivity (Wildman–Crippen MR) is 137 cm³/mol. The third-order valence-corrected chi connectivity index (χ3v) is 5.92. The fourth-order valence-corrected chi connectivity index (χ4v) is 3.30. The summed E-state index contributed by atoms with van der Waals surface area (Å²) in [6.45, 7) is 9.36. The number of rotatable bonds is 10. The van der Waals surface area contributed by atoms with Gasteiger partial charge in [0.1, 0.15) is 6.20 Å². The molecule has 42 heavy (non-hydrogen) atoms. The van der Waals surface area contributed by atoms with Crippen molar-refractivity contribution in [2.45, 2.75) is 33.1 Å². The maximum Gasteiger partial charge on any atom is 0.416 e. The number of halogens is 6. The number of nitro groups is 2. The Balaban J connectivity index is 0.000000572. The van der Waals surface area contributed by atoms with E-state index in [1.54, 1.807) is 0 Å². The van der Waals surface area contributed by atoms with Crippen molar-refractivity contribution < 1.29 is 50.2 Å². The van der Waals surface area contributed by atoms with Gasteiger partial charge in [0.2, 0.25) is 0 Å². The van der Waals surface area contributed by atoms with Crippen molar-refractivity contribution in [2.24, 2.45) is 10.3 Å². The summed E-state index contributed by atoms with van der Waals surface area (Å²) in [6, 6.07) is 2.94. The molecule has 0 aliphatic rings. The lowest BCUT2D eigenvalue weighted by molar-refractivity contribution is -0.874. The Labute approximate surface area is 235 Å². The van der Waals surface area contributed by atoms with Crippen LogP contribution in [0, 0.1) is 20.2 Å². The van der Waals surface area contributed by atoms with E-state index in [9.17, 15) is 51.4 Å². The molecule has 0 aromatic heterocycles. The van der Waals surface area contributed by atoms with Gasteiger partial charge in [-0.25, -0.2) is 4.79 Å². The van der Waals surface area contributed by atoms with E-state index in [0.717, 1.165) is 24.1 Å². The van der Waals surface area contributed by atoms with Crippen molar-refractivity contribution in [3.8, 4) is 0 Å². The van der Waals surface area contributed by atoms with Crippen LogP contribution >= 0.6 is 0 Å². The monoisotopic (exact) mass is 608 g/mol. The number of nitrogens with zero attached hydrogens (tertiary/aromatic N) is 6. The molecule has 0 saturated carbocycles. The second kappa shape index (κ2) is 14.9. The van der Waals surface area contributed by atoms with Crippen molar-refractivity contribution in [1.82, 2.24) is 0 Å². The van der Waals surface area contributed by atoms with Crippen LogP contribution in [0.3, 0.4) is 0 Å². The highest BCUT2D eigenvalue weighted by molar-refractivity contribution is 5.81. The van der Waals surface area contributed by atoms with Crippen molar-refractivity contribution >= 4 is 28.7 Å². The number of carbonyl (C=O) groups is 1.